The lowest BCUT2D eigenvalue weighted by Crippen LogP contribution is -2.43. The number of methoxy groups -OCH3 is 1. The summed E-state index contributed by atoms with van der Waals surface area (Å²) in [5.41, 5.74) is 0.863. The zero-order valence-corrected chi connectivity index (χ0v) is 16.9. The minimum Gasteiger partial charge on any atom is -0.497 e. The van der Waals surface area contributed by atoms with Gasteiger partial charge in [0.2, 0.25) is 0 Å². The molecule has 28 heavy (non-hydrogen) atoms. The van der Waals surface area contributed by atoms with Gasteiger partial charge in [-0.3, -0.25) is 9.59 Å². The van der Waals surface area contributed by atoms with E-state index >= 15 is 0 Å². The topological polar surface area (TPSA) is 64.6 Å². The van der Waals surface area contributed by atoms with Crippen molar-refractivity contribution in [2.75, 3.05) is 7.11 Å². The highest BCUT2D eigenvalue weighted by molar-refractivity contribution is 5.88. The molecule has 1 amide bonds. The lowest BCUT2D eigenvalue weighted by molar-refractivity contribution is -0.156. The number of rotatable bonds is 6. The van der Waals surface area contributed by atoms with Crippen LogP contribution in [0.4, 0.5) is 0 Å². The van der Waals surface area contributed by atoms with Crippen molar-refractivity contribution in [3.05, 3.63) is 42.0 Å². The lowest BCUT2D eigenvalue weighted by atomic mass is 9.95. The van der Waals surface area contributed by atoms with Crippen LogP contribution in [0, 0.1) is 0 Å². The van der Waals surface area contributed by atoms with Crippen molar-refractivity contribution >= 4 is 22.6 Å². The molecular weight excluding hydrogens is 354 g/mol. The Morgan fingerprint density at radius 3 is 2.39 bits per heavy atom. The molecule has 1 saturated carbocycles. The Hall–Kier alpha value is -2.56. The first kappa shape index (κ1) is 20.2. The quantitative estimate of drug-likeness (QED) is 0.754. The Kier molecular flexibility index (Phi) is 6.55. The smallest absolute Gasteiger partial charge is 0.313 e. The fraction of sp³-hybridized carbons (Fsp3) is 0.478. The molecule has 0 bridgehead atoms. The number of hydrogen-bond donors (Lipinski definition) is 1. The number of benzene rings is 2. The summed E-state index contributed by atoms with van der Waals surface area (Å²) in [5, 5.41) is 5.08. The fourth-order valence-corrected chi connectivity index (χ4v) is 3.67. The molecule has 0 heterocycles. The van der Waals surface area contributed by atoms with Crippen molar-refractivity contribution in [1.82, 2.24) is 5.32 Å². The van der Waals surface area contributed by atoms with Gasteiger partial charge >= 0.3 is 5.97 Å². The minimum atomic E-state index is -0.790. The Balaban J connectivity index is 1.61. The van der Waals surface area contributed by atoms with E-state index in [4.69, 9.17) is 9.47 Å². The van der Waals surface area contributed by atoms with Crippen LogP contribution in [0.3, 0.4) is 0 Å². The highest BCUT2D eigenvalue weighted by Gasteiger charge is 2.25. The highest BCUT2D eigenvalue weighted by atomic mass is 16.5. The minimum absolute atomic E-state index is 0.206. The molecule has 2 atom stereocenters. The molecule has 1 aliphatic rings. The van der Waals surface area contributed by atoms with E-state index in [9.17, 15) is 9.59 Å². The fourth-order valence-electron chi connectivity index (χ4n) is 3.67. The summed E-state index contributed by atoms with van der Waals surface area (Å²) in [6.45, 7) is 3.44. The van der Waals surface area contributed by atoms with Crippen LogP contribution in [0.1, 0.15) is 57.4 Å². The van der Waals surface area contributed by atoms with Crippen LogP contribution >= 0.6 is 0 Å². The molecule has 150 valence electrons. The molecule has 0 unspecified atom stereocenters. The number of fused-ring (bicyclic) bond motifs is 1. The number of carbonyl (C=O) groups excluding carboxylic acids is 2. The number of amides is 1. The van der Waals surface area contributed by atoms with Crippen LogP contribution in [0.2, 0.25) is 0 Å². The first-order valence-corrected chi connectivity index (χ1v) is 10.1. The largest absolute Gasteiger partial charge is 0.497 e. The molecule has 5 nitrogen and oxygen atoms in total. The van der Waals surface area contributed by atoms with E-state index < -0.39 is 12.0 Å². The molecular formula is C23H29NO4. The molecule has 0 saturated heterocycles. The Labute approximate surface area is 166 Å². The van der Waals surface area contributed by atoms with Gasteiger partial charge in [0.25, 0.3) is 5.91 Å². The van der Waals surface area contributed by atoms with Crippen molar-refractivity contribution in [3.8, 4) is 5.75 Å². The average Bonchev–Trinajstić information content (AvgIpc) is 2.72. The van der Waals surface area contributed by atoms with Gasteiger partial charge in [0.1, 0.15) is 5.75 Å². The normalized spacial score (nSPS) is 17.0. The molecule has 0 radical (unpaired) electrons. The molecule has 1 aliphatic carbocycles. The van der Waals surface area contributed by atoms with E-state index in [2.05, 4.69) is 5.32 Å². The van der Waals surface area contributed by atoms with E-state index in [1.807, 2.05) is 36.4 Å². The zero-order valence-electron chi connectivity index (χ0n) is 16.9. The second-order valence-corrected chi connectivity index (χ2v) is 7.62. The Morgan fingerprint density at radius 1 is 1.00 bits per heavy atom. The van der Waals surface area contributed by atoms with E-state index in [1.165, 1.54) is 6.42 Å². The molecule has 2 aromatic rings. The van der Waals surface area contributed by atoms with Gasteiger partial charge in [-0.05, 0) is 55.2 Å². The maximum atomic E-state index is 12.6. The molecule has 1 N–H and O–H groups in total. The summed E-state index contributed by atoms with van der Waals surface area (Å²) < 4.78 is 10.7. The van der Waals surface area contributed by atoms with Crippen molar-refractivity contribution in [3.63, 3.8) is 0 Å². The van der Waals surface area contributed by atoms with Gasteiger partial charge in [0.15, 0.2) is 6.10 Å². The number of esters is 1. The van der Waals surface area contributed by atoms with Gasteiger partial charge in [-0.1, -0.05) is 43.5 Å². The summed E-state index contributed by atoms with van der Waals surface area (Å²) >= 11 is 0. The molecule has 2 aromatic carbocycles. The van der Waals surface area contributed by atoms with Crippen molar-refractivity contribution in [2.24, 2.45) is 0 Å². The lowest BCUT2D eigenvalue weighted by Gasteiger charge is -2.24. The predicted octanol–water partition coefficient (Wildman–Crippen LogP) is 4.33. The molecule has 3 rings (SSSR count). The first-order valence-electron chi connectivity index (χ1n) is 10.1. The molecule has 0 spiro atoms. The van der Waals surface area contributed by atoms with Gasteiger partial charge in [-0.25, -0.2) is 0 Å². The number of carbonyl (C=O) groups is 2. The zero-order chi connectivity index (χ0) is 20.1. The highest BCUT2D eigenvalue weighted by Crippen LogP contribution is 2.26. The van der Waals surface area contributed by atoms with E-state index in [0.717, 1.165) is 47.8 Å². The van der Waals surface area contributed by atoms with Crippen molar-refractivity contribution in [1.29, 1.82) is 0 Å². The number of ether oxygens (including phenoxy) is 2. The van der Waals surface area contributed by atoms with E-state index in [-0.39, 0.29) is 17.9 Å². The van der Waals surface area contributed by atoms with E-state index in [0.29, 0.717) is 0 Å². The maximum Gasteiger partial charge on any atom is 0.313 e. The van der Waals surface area contributed by atoms with Gasteiger partial charge in [-0.2, -0.15) is 0 Å². The Morgan fingerprint density at radius 2 is 1.68 bits per heavy atom. The second-order valence-electron chi connectivity index (χ2n) is 7.62. The molecule has 5 heteroatoms. The van der Waals surface area contributed by atoms with Crippen LogP contribution in [0.5, 0.6) is 5.75 Å². The van der Waals surface area contributed by atoms with Crippen LogP contribution in [-0.4, -0.2) is 31.1 Å². The monoisotopic (exact) mass is 383 g/mol. The van der Waals surface area contributed by atoms with Crippen LogP contribution < -0.4 is 10.1 Å². The third kappa shape index (κ3) is 4.83. The summed E-state index contributed by atoms with van der Waals surface area (Å²) in [7, 11) is 1.64. The van der Waals surface area contributed by atoms with Crippen LogP contribution in [-0.2, 0) is 14.3 Å². The molecule has 0 aromatic heterocycles. The van der Waals surface area contributed by atoms with Crippen molar-refractivity contribution < 1.29 is 19.1 Å². The SMILES string of the molecule is COc1ccc2cc([C@H](C)C(=O)O[C@H](C)C(=O)NC3CCCCC3)ccc2c1. The average molecular weight is 383 g/mol. The van der Waals surface area contributed by atoms with E-state index in [1.54, 1.807) is 21.0 Å². The van der Waals surface area contributed by atoms with Crippen LogP contribution in [0.15, 0.2) is 36.4 Å². The van der Waals surface area contributed by atoms with Crippen LogP contribution in [0.25, 0.3) is 10.8 Å². The number of nitrogens with one attached hydrogen (secondary N) is 1. The maximum absolute atomic E-state index is 12.6. The summed E-state index contributed by atoms with van der Waals surface area (Å²) in [4.78, 5) is 24.9. The first-order chi connectivity index (χ1) is 13.5. The molecule has 0 aliphatic heterocycles. The Bertz CT molecular complexity index is 842. The number of hydrogen-bond acceptors (Lipinski definition) is 4. The third-order valence-electron chi connectivity index (χ3n) is 5.54. The summed E-state index contributed by atoms with van der Waals surface area (Å²) in [5.74, 6) is -0.251. The standard InChI is InChI=1S/C23H29NO4/c1-15(17-9-10-19-14-21(27-3)12-11-18(19)13-17)23(26)28-16(2)22(25)24-20-7-5-4-6-8-20/h9-16,20H,4-8H2,1-3H3,(H,24,25)/t15-,16+/m0/s1. The summed E-state index contributed by atoms with van der Waals surface area (Å²) in [6.07, 6.45) is 4.73. The van der Waals surface area contributed by atoms with Gasteiger partial charge in [0.05, 0.1) is 13.0 Å². The van der Waals surface area contributed by atoms with Gasteiger partial charge < -0.3 is 14.8 Å². The van der Waals surface area contributed by atoms with Crippen molar-refractivity contribution in [2.45, 2.75) is 64.0 Å². The van der Waals surface area contributed by atoms with Gasteiger partial charge in [0, 0.05) is 6.04 Å². The third-order valence-corrected chi connectivity index (χ3v) is 5.54. The second kappa shape index (κ2) is 9.09. The van der Waals surface area contributed by atoms with Gasteiger partial charge in [-0.15, -0.1) is 0 Å². The molecule has 1 fully saturated rings. The predicted molar refractivity (Wildman–Crippen MR) is 109 cm³/mol. The summed E-state index contributed by atoms with van der Waals surface area (Å²) in [6, 6.07) is 11.9.